The van der Waals surface area contributed by atoms with E-state index in [1.165, 1.54) is 6.33 Å². The molecule has 1 aliphatic rings. The zero-order chi connectivity index (χ0) is 24.5. The molecule has 0 saturated carbocycles. The Kier molecular flexibility index (Phi) is 6.04. The van der Waals surface area contributed by atoms with Crippen LogP contribution in [0.15, 0.2) is 73.2 Å². The Morgan fingerprint density at radius 3 is 2.81 bits per heavy atom. The van der Waals surface area contributed by atoms with Crippen LogP contribution in [0.2, 0.25) is 5.02 Å². The predicted molar refractivity (Wildman–Crippen MR) is 141 cm³/mol. The summed E-state index contributed by atoms with van der Waals surface area (Å²) in [6, 6.07) is 19.7. The molecular formula is C27H25ClN6O2. The van der Waals surface area contributed by atoms with Gasteiger partial charge in [-0.3, -0.25) is 0 Å². The van der Waals surface area contributed by atoms with Crippen LogP contribution in [0.4, 0.5) is 11.6 Å². The van der Waals surface area contributed by atoms with Gasteiger partial charge in [0, 0.05) is 29.2 Å². The van der Waals surface area contributed by atoms with Gasteiger partial charge in [0.15, 0.2) is 0 Å². The third-order valence-electron chi connectivity index (χ3n) is 6.42. The third kappa shape index (κ3) is 4.65. The molecule has 4 heterocycles. The molecule has 1 fully saturated rings. The first-order valence-electron chi connectivity index (χ1n) is 11.9. The first-order valence-corrected chi connectivity index (χ1v) is 12.2. The fourth-order valence-corrected chi connectivity index (χ4v) is 4.63. The van der Waals surface area contributed by atoms with Gasteiger partial charge < -0.3 is 25.1 Å². The van der Waals surface area contributed by atoms with E-state index in [4.69, 9.17) is 31.8 Å². The average Bonchev–Trinajstić information content (AvgIpc) is 3.55. The third-order valence-corrected chi connectivity index (χ3v) is 6.67. The second-order valence-corrected chi connectivity index (χ2v) is 9.29. The largest absolute Gasteiger partial charge is 0.491 e. The molecule has 5 aromatic rings. The molecule has 6 rings (SSSR count). The Bertz CT molecular complexity index is 1520. The Labute approximate surface area is 213 Å². The number of nitrogen functional groups attached to an aromatic ring is 1. The first kappa shape index (κ1) is 22.6. The van der Waals surface area contributed by atoms with Crippen molar-refractivity contribution >= 4 is 45.2 Å². The Morgan fingerprint density at radius 2 is 1.92 bits per heavy atom. The quantitative estimate of drug-likeness (QED) is 0.300. The lowest BCUT2D eigenvalue weighted by molar-refractivity contribution is -0.0156. The molecule has 8 nitrogen and oxygen atoms in total. The van der Waals surface area contributed by atoms with E-state index in [9.17, 15) is 0 Å². The van der Waals surface area contributed by atoms with Crippen LogP contribution in [-0.4, -0.2) is 32.2 Å². The number of hydrogen-bond acceptors (Lipinski definition) is 7. The van der Waals surface area contributed by atoms with E-state index in [0.717, 1.165) is 56.9 Å². The van der Waals surface area contributed by atoms with Crippen molar-refractivity contribution in [2.75, 3.05) is 17.7 Å². The van der Waals surface area contributed by atoms with Crippen LogP contribution in [0, 0.1) is 0 Å². The van der Waals surface area contributed by atoms with Gasteiger partial charge in [0.05, 0.1) is 17.0 Å². The molecule has 0 spiro atoms. The fourth-order valence-electron chi connectivity index (χ4n) is 4.51. The Morgan fingerprint density at radius 1 is 1.06 bits per heavy atom. The molecule has 182 valence electrons. The van der Waals surface area contributed by atoms with Crippen LogP contribution in [0.5, 0.6) is 5.75 Å². The highest BCUT2D eigenvalue weighted by atomic mass is 35.5. The smallest absolute Gasteiger partial charge is 0.147 e. The van der Waals surface area contributed by atoms with E-state index in [1.807, 2.05) is 65.4 Å². The molecule has 1 saturated heterocycles. The van der Waals surface area contributed by atoms with Crippen molar-refractivity contribution in [3.63, 3.8) is 0 Å². The van der Waals surface area contributed by atoms with Gasteiger partial charge in [-0.15, -0.1) is 0 Å². The second kappa shape index (κ2) is 9.64. The number of benzene rings is 2. The van der Waals surface area contributed by atoms with Crippen LogP contribution in [0.3, 0.4) is 0 Å². The Hall–Kier alpha value is -3.88. The second-order valence-electron chi connectivity index (χ2n) is 8.85. The van der Waals surface area contributed by atoms with Gasteiger partial charge in [-0.05, 0) is 60.9 Å². The molecule has 2 atom stereocenters. The maximum absolute atomic E-state index is 6.27. The van der Waals surface area contributed by atoms with Crippen LogP contribution < -0.4 is 15.8 Å². The van der Waals surface area contributed by atoms with Crippen molar-refractivity contribution in [1.82, 2.24) is 19.5 Å². The molecule has 2 unspecified atom stereocenters. The molecule has 2 aromatic carbocycles. The van der Waals surface area contributed by atoms with Gasteiger partial charge >= 0.3 is 0 Å². The topological polar surface area (TPSA) is 100 Å². The predicted octanol–water partition coefficient (Wildman–Crippen LogP) is 5.58. The molecule has 3 aromatic heterocycles. The molecule has 36 heavy (non-hydrogen) atoms. The molecule has 3 N–H and O–H groups in total. The zero-order valence-corrected chi connectivity index (χ0v) is 20.2. The minimum atomic E-state index is -0.0991. The molecule has 0 bridgehead atoms. The number of aromatic nitrogens is 4. The van der Waals surface area contributed by atoms with Crippen molar-refractivity contribution < 1.29 is 9.47 Å². The minimum absolute atomic E-state index is 0.0114. The summed E-state index contributed by atoms with van der Waals surface area (Å²) in [6.07, 6.45) is 5.10. The van der Waals surface area contributed by atoms with Crippen molar-refractivity contribution in [3.8, 4) is 5.75 Å². The summed E-state index contributed by atoms with van der Waals surface area (Å²) < 4.78 is 14.4. The number of pyridine rings is 1. The number of anilines is 2. The van der Waals surface area contributed by atoms with Gasteiger partial charge in [0.25, 0.3) is 0 Å². The number of hydrogen-bond donors (Lipinski definition) is 2. The Balaban J connectivity index is 1.09. The maximum Gasteiger partial charge on any atom is 0.147 e. The lowest BCUT2D eigenvalue weighted by Crippen LogP contribution is -2.18. The summed E-state index contributed by atoms with van der Waals surface area (Å²) in [5, 5.41) is 5.99. The van der Waals surface area contributed by atoms with E-state index < -0.39 is 0 Å². The number of ether oxygens (including phenoxy) is 2. The molecule has 0 aliphatic carbocycles. The van der Waals surface area contributed by atoms with E-state index >= 15 is 0 Å². The van der Waals surface area contributed by atoms with Gasteiger partial charge in [0.1, 0.15) is 42.2 Å². The summed E-state index contributed by atoms with van der Waals surface area (Å²) in [5.41, 5.74) is 8.76. The highest BCUT2D eigenvalue weighted by Gasteiger charge is 2.28. The van der Waals surface area contributed by atoms with Crippen molar-refractivity contribution in [2.24, 2.45) is 0 Å². The van der Waals surface area contributed by atoms with Crippen LogP contribution in [-0.2, 0) is 11.3 Å². The summed E-state index contributed by atoms with van der Waals surface area (Å²) in [5.74, 6) is 2.05. The summed E-state index contributed by atoms with van der Waals surface area (Å²) in [6.45, 7) is 1.13. The SMILES string of the molecule is Nc1ncnc2c1ccn2C1CCC(COc2ccc3ccc(NCc4ccc(Cl)cc4)nc3c2)O1. The van der Waals surface area contributed by atoms with E-state index in [-0.39, 0.29) is 12.3 Å². The van der Waals surface area contributed by atoms with Gasteiger partial charge in [-0.1, -0.05) is 23.7 Å². The van der Waals surface area contributed by atoms with Gasteiger partial charge in [-0.25, -0.2) is 15.0 Å². The highest BCUT2D eigenvalue weighted by Crippen LogP contribution is 2.32. The monoisotopic (exact) mass is 500 g/mol. The lowest BCUT2D eigenvalue weighted by atomic mass is 10.2. The van der Waals surface area contributed by atoms with Crippen molar-refractivity contribution in [1.29, 1.82) is 0 Å². The van der Waals surface area contributed by atoms with Gasteiger partial charge in [-0.2, -0.15) is 0 Å². The summed E-state index contributed by atoms with van der Waals surface area (Å²) >= 11 is 5.97. The molecule has 1 aliphatic heterocycles. The number of halogens is 1. The number of nitrogens with two attached hydrogens (primary N) is 1. The van der Waals surface area contributed by atoms with Crippen molar-refractivity contribution in [3.05, 3.63) is 83.8 Å². The zero-order valence-electron chi connectivity index (χ0n) is 19.5. The standard InChI is InChI=1S/C27H25ClN6O2/c28-19-5-1-17(2-6-19)14-30-24-9-4-18-3-7-20(13-23(18)33-24)35-15-21-8-10-25(36-21)34-12-11-22-26(29)31-16-32-27(22)34/h1-7,9,11-13,16,21,25H,8,10,14-15H2,(H,30,33)(H2,29,31,32). The number of nitrogens with zero attached hydrogens (tertiary/aromatic N) is 4. The summed E-state index contributed by atoms with van der Waals surface area (Å²) in [4.78, 5) is 13.2. The number of fused-ring (bicyclic) bond motifs is 2. The highest BCUT2D eigenvalue weighted by molar-refractivity contribution is 6.30. The van der Waals surface area contributed by atoms with E-state index in [1.54, 1.807) is 0 Å². The maximum atomic E-state index is 6.27. The van der Waals surface area contributed by atoms with Crippen LogP contribution in [0.1, 0.15) is 24.6 Å². The minimum Gasteiger partial charge on any atom is -0.491 e. The average molecular weight is 501 g/mol. The number of rotatable bonds is 7. The lowest BCUT2D eigenvalue weighted by Gasteiger charge is -2.16. The van der Waals surface area contributed by atoms with E-state index in [0.29, 0.717) is 19.0 Å². The van der Waals surface area contributed by atoms with Crippen molar-refractivity contribution in [2.45, 2.75) is 31.7 Å². The van der Waals surface area contributed by atoms with Crippen LogP contribution >= 0.6 is 11.6 Å². The summed E-state index contributed by atoms with van der Waals surface area (Å²) in [7, 11) is 0. The molecule has 0 amide bonds. The fraction of sp³-hybridized carbons (Fsp3) is 0.222. The molecule has 9 heteroatoms. The first-order chi connectivity index (χ1) is 17.6. The van der Waals surface area contributed by atoms with Gasteiger partial charge in [0.2, 0.25) is 0 Å². The van der Waals surface area contributed by atoms with E-state index in [2.05, 4.69) is 21.4 Å². The molecule has 0 radical (unpaired) electrons. The number of nitrogens with one attached hydrogen (secondary N) is 1. The molecular weight excluding hydrogens is 476 g/mol. The normalized spacial score (nSPS) is 17.6. The van der Waals surface area contributed by atoms with Crippen LogP contribution in [0.25, 0.3) is 21.9 Å².